The van der Waals surface area contributed by atoms with Gasteiger partial charge in [-0.25, -0.2) is 4.79 Å². The van der Waals surface area contributed by atoms with Gasteiger partial charge < -0.3 is 20.3 Å². The number of alkyl carbamates (subject to hydrolysis) is 1. The summed E-state index contributed by atoms with van der Waals surface area (Å²) in [6.45, 7) is 4.45. The molecule has 0 radical (unpaired) electrons. The number of benzene rings is 2. The third-order valence-corrected chi connectivity index (χ3v) is 4.62. The largest absolute Gasteiger partial charge is 0.444 e. The van der Waals surface area contributed by atoms with Gasteiger partial charge in [0.15, 0.2) is 0 Å². The van der Waals surface area contributed by atoms with E-state index < -0.39 is 42.6 Å². The SMILES string of the molecule is C#Cc1ccccc1C(C(=O)NCc1ccccc1)N(CC#N)C(=O)CNC(=O)OC(C)(C)C. The smallest absolute Gasteiger partial charge is 0.408 e. The minimum atomic E-state index is -1.18. The number of rotatable bonds is 8. The van der Waals surface area contributed by atoms with E-state index in [1.54, 1.807) is 45.0 Å². The topological polar surface area (TPSA) is 112 Å². The number of carbonyl (C=O) groups excluding carboxylic acids is 3. The summed E-state index contributed by atoms with van der Waals surface area (Å²) in [5.41, 5.74) is 0.935. The highest BCUT2D eigenvalue weighted by Crippen LogP contribution is 2.25. The van der Waals surface area contributed by atoms with Crippen molar-refractivity contribution in [3.63, 3.8) is 0 Å². The van der Waals surface area contributed by atoms with Crippen molar-refractivity contribution in [3.05, 3.63) is 71.3 Å². The van der Waals surface area contributed by atoms with Crippen LogP contribution in [0.4, 0.5) is 4.79 Å². The van der Waals surface area contributed by atoms with Crippen LogP contribution in [-0.4, -0.2) is 41.5 Å². The van der Waals surface area contributed by atoms with Crippen LogP contribution in [0, 0.1) is 23.7 Å². The molecular formula is C26H28N4O4. The van der Waals surface area contributed by atoms with E-state index in [0.29, 0.717) is 11.1 Å². The molecule has 0 saturated heterocycles. The summed E-state index contributed by atoms with van der Waals surface area (Å²) < 4.78 is 5.15. The summed E-state index contributed by atoms with van der Waals surface area (Å²) in [5, 5.41) is 14.6. The standard InChI is InChI=1S/C26H28N4O4/c1-5-20-13-9-10-14-21(20)23(24(32)28-17-19-11-7-6-8-12-19)30(16-15-27)22(31)18-29-25(33)34-26(2,3)4/h1,6-14,23H,16-18H2,2-4H3,(H,28,32)(H,29,33). The van der Waals surface area contributed by atoms with Crippen molar-refractivity contribution in [2.45, 2.75) is 39.0 Å². The van der Waals surface area contributed by atoms with Gasteiger partial charge in [0.2, 0.25) is 11.8 Å². The van der Waals surface area contributed by atoms with Gasteiger partial charge in [-0.2, -0.15) is 5.26 Å². The van der Waals surface area contributed by atoms with Gasteiger partial charge in [-0.3, -0.25) is 9.59 Å². The van der Waals surface area contributed by atoms with Gasteiger partial charge in [-0.15, -0.1) is 6.42 Å². The first-order valence-corrected chi connectivity index (χ1v) is 10.7. The van der Waals surface area contributed by atoms with E-state index in [-0.39, 0.29) is 6.54 Å². The maximum absolute atomic E-state index is 13.3. The summed E-state index contributed by atoms with van der Waals surface area (Å²) in [6, 6.07) is 16.7. The zero-order valence-corrected chi connectivity index (χ0v) is 19.5. The first-order valence-electron chi connectivity index (χ1n) is 10.7. The molecule has 2 aromatic carbocycles. The molecule has 0 aliphatic carbocycles. The van der Waals surface area contributed by atoms with Crippen LogP contribution >= 0.6 is 0 Å². The summed E-state index contributed by atoms with van der Waals surface area (Å²) >= 11 is 0. The number of carbonyl (C=O) groups is 3. The molecule has 0 aliphatic heterocycles. The van der Waals surface area contributed by atoms with Crippen LogP contribution in [0.25, 0.3) is 0 Å². The summed E-state index contributed by atoms with van der Waals surface area (Å²) in [4.78, 5) is 39.5. The van der Waals surface area contributed by atoms with Crippen molar-refractivity contribution in [1.82, 2.24) is 15.5 Å². The van der Waals surface area contributed by atoms with Gasteiger partial charge in [0.25, 0.3) is 0 Å². The Balaban J connectivity index is 2.32. The molecular weight excluding hydrogens is 432 g/mol. The second kappa shape index (κ2) is 12.1. The van der Waals surface area contributed by atoms with Crippen molar-refractivity contribution in [2.24, 2.45) is 0 Å². The second-order valence-electron chi connectivity index (χ2n) is 8.37. The number of nitrogens with zero attached hydrogens (tertiary/aromatic N) is 2. The van der Waals surface area contributed by atoms with Gasteiger partial charge in [0.05, 0.1) is 6.07 Å². The van der Waals surface area contributed by atoms with Crippen LogP contribution in [0.5, 0.6) is 0 Å². The van der Waals surface area contributed by atoms with Crippen LogP contribution in [0.15, 0.2) is 54.6 Å². The number of terminal acetylenes is 1. The average Bonchev–Trinajstić information content (AvgIpc) is 2.80. The lowest BCUT2D eigenvalue weighted by Crippen LogP contribution is -2.48. The van der Waals surface area contributed by atoms with Gasteiger partial charge in [0, 0.05) is 12.1 Å². The molecule has 3 amide bonds. The fourth-order valence-corrected chi connectivity index (χ4v) is 3.16. The molecule has 0 aromatic heterocycles. The highest BCUT2D eigenvalue weighted by atomic mass is 16.6. The Labute approximate surface area is 199 Å². The van der Waals surface area contributed by atoms with Crippen molar-refractivity contribution < 1.29 is 19.1 Å². The zero-order chi connectivity index (χ0) is 25.1. The highest BCUT2D eigenvalue weighted by Gasteiger charge is 2.33. The Kier molecular flexibility index (Phi) is 9.22. The summed E-state index contributed by atoms with van der Waals surface area (Å²) in [5.74, 6) is 1.38. The third kappa shape index (κ3) is 7.68. The normalized spacial score (nSPS) is 11.3. The lowest BCUT2D eigenvalue weighted by molar-refractivity contribution is -0.139. The fraction of sp³-hybridized carbons (Fsp3) is 0.308. The molecule has 34 heavy (non-hydrogen) atoms. The maximum Gasteiger partial charge on any atom is 0.408 e. The molecule has 0 spiro atoms. The number of hydrogen-bond donors (Lipinski definition) is 2. The molecule has 2 rings (SSSR count). The Morgan fingerprint density at radius 3 is 2.32 bits per heavy atom. The Hall–Kier alpha value is -4.30. The summed E-state index contributed by atoms with van der Waals surface area (Å²) in [6.07, 6.45) is 4.85. The first-order chi connectivity index (χ1) is 16.2. The number of nitriles is 1. The lowest BCUT2D eigenvalue weighted by Gasteiger charge is -2.30. The highest BCUT2D eigenvalue weighted by molar-refractivity contribution is 5.91. The number of nitrogens with one attached hydrogen (secondary N) is 2. The molecule has 0 heterocycles. The molecule has 0 bridgehead atoms. The predicted octanol–water partition coefficient (Wildman–Crippen LogP) is 2.90. The quantitative estimate of drug-likeness (QED) is 0.465. The second-order valence-corrected chi connectivity index (χ2v) is 8.37. The number of amides is 3. The average molecular weight is 461 g/mol. The van der Waals surface area contributed by atoms with Crippen LogP contribution < -0.4 is 10.6 Å². The van der Waals surface area contributed by atoms with E-state index in [4.69, 9.17) is 11.2 Å². The molecule has 2 aromatic rings. The minimum absolute atomic E-state index is 0.221. The van der Waals surface area contributed by atoms with Gasteiger partial charge in [-0.1, -0.05) is 54.5 Å². The van der Waals surface area contributed by atoms with Crippen molar-refractivity contribution >= 4 is 17.9 Å². The molecule has 8 nitrogen and oxygen atoms in total. The Bertz CT molecular complexity index is 1090. The number of hydrogen-bond acceptors (Lipinski definition) is 5. The van der Waals surface area contributed by atoms with E-state index in [1.165, 1.54) is 0 Å². The third-order valence-electron chi connectivity index (χ3n) is 4.62. The molecule has 1 atom stereocenters. The van der Waals surface area contributed by atoms with Crippen molar-refractivity contribution in [2.75, 3.05) is 13.1 Å². The Morgan fingerprint density at radius 1 is 1.06 bits per heavy atom. The van der Waals surface area contributed by atoms with E-state index >= 15 is 0 Å². The zero-order valence-electron chi connectivity index (χ0n) is 19.5. The lowest BCUT2D eigenvalue weighted by atomic mass is 9.98. The minimum Gasteiger partial charge on any atom is -0.444 e. The summed E-state index contributed by atoms with van der Waals surface area (Å²) in [7, 11) is 0. The van der Waals surface area contributed by atoms with E-state index in [0.717, 1.165) is 10.5 Å². The van der Waals surface area contributed by atoms with Gasteiger partial charge in [0.1, 0.15) is 24.7 Å². The van der Waals surface area contributed by atoms with Crippen molar-refractivity contribution in [3.8, 4) is 18.4 Å². The predicted molar refractivity (Wildman–Crippen MR) is 127 cm³/mol. The molecule has 0 fully saturated rings. The first kappa shape index (κ1) is 26.0. The molecule has 0 saturated carbocycles. The monoisotopic (exact) mass is 460 g/mol. The molecule has 0 aliphatic rings. The molecule has 8 heteroatoms. The maximum atomic E-state index is 13.3. The molecule has 1 unspecified atom stereocenters. The van der Waals surface area contributed by atoms with E-state index in [1.807, 2.05) is 36.4 Å². The van der Waals surface area contributed by atoms with Crippen LogP contribution in [0.2, 0.25) is 0 Å². The Morgan fingerprint density at radius 2 is 1.71 bits per heavy atom. The van der Waals surface area contributed by atoms with E-state index in [9.17, 15) is 19.6 Å². The fourth-order valence-electron chi connectivity index (χ4n) is 3.16. The molecule has 2 N–H and O–H groups in total. The van der Waals surface area contributed by atoms with Crippen molar-refractivity contribution in [1.29, 1.82) is 5.26 Å². The molecule has 176 valence electrons. The van der Waals surface area contributed by atoms with Crippen LogP contribution in [0.3, 0.4) is 0 Å². The van der Waals surface area contributed by atoms with Gasteiger partial charge in [-0.05, 0) is 38.0 Å². The van der Waals surface area contributed by atoms with Crippen LogP contribution in [-0.2, 0) is 20.9 Å². The van der Waals surface area contributed by atoms with Crippen LogP contribution in [0.1, 0.15) is 43.5 Å². The van der Waals surface area contributed by atoms with Gasteiger partial charge >= 0.3 is 6.09 Å². The number of ether oxygens (including phenoxy) is 1. The van der Waals surface area contributed by atoms with E-state index in [2.05, 4.69) is 16.6 Å².